The number of esters is 1. The van der Waals surface area contributed by atoms with E-state index in [0.29, 0.717) is 36.7 Å². The van der Waals surface area contributed by atoms with E-state index in [2.05, 4.69) is 0 Å². The molecule has 0 radical (unpaired) electrons. The predicted molar refractivity (Wildman–Crippen MR) is 94.0 cm³/mol. The van der Waals surface area contributed by atoms with Crippen LogP contribution in [0.3, 0.4) is 0 Å². The molecule has 2 rings (SSSR count). The van der Waals surface area contributed by atoms with Crippen LogP contribution in [0.15, 0.2) is 36.4 Å². The first-order valence-corrected chi connectivity index (χ1v) is 8.11. The Hall–Kier alpha value is -2.49. The summed E-state index contributed by atoms with van der Waals surface area (Å²) in [7, 11) is 1.61. The molecule has 0 atom stereocenters. The van der Waals surface area contributed by atoms with E-state index in [9.17, 15) is 4.79 Å². The van der Waals surface area contributed by atoms with Crippen molar-refractivity contribution in [2.75, 3.05) is 13.7 Å². The van der Waals surface area contributed by atoms with E-state index in [0.717, 1.165) is 11.1 Å². The van der Waals surface area contributed by atoms with Gasteiger partial charge < -0.3 is 14.2 Å². The molecule has 0 spiro atoms. The third kappa shape index (κ3) is 4.75. The van der Waals surface area contributed by atoms with Crippen LogP contribution in [-0.2, 0) is 11.2 Å². The minimum absolute atomic E-state index is 0.244. The number of aryl methyl sites for hydroxylation is 3. The van der Waals surface area contributed by atoms with Crippen LogP contribution in [0.4, 0.5) is 0 Å². The summed E-state index contributed by atoms with van der Waals surface area (Å²) in [5.74, 6) is 1.73. The fourth-order valence-corrected chi connectivity index (χ4v) is 2.35. The van der Waals surface area contributed by atoms with Gasteiger partial charge in [0.05, 0.1) is 13.7 Å². The van der Waals surface area contributed by atoms with Gasteiger partial charge in [0.2, 0.25) is 0 Å². The minimum atomic E-state index is -0.244. The summed E-state index contributed by atoms with van der Waals surface area (Å²) in [6.07, 6.45) is 0.899. The summed E-state index contributed by atoms with van der Waals surface area (Å²) in [5.41, 5.74) is 3.29. The number of hydrogen-bond donors (Lipinski definition) is 0. The second kappa shape index (κ2) is 8.39. The van der Waals surface area contributed by atoms with Gasteiger partial charge in [-0.25, -0.2) is 0 Å². The highest BCUT2D eigenvalue weighted by molar-refractivity contribution is 5.72. The van der Waals surface area contributed by atoms with Crippen molar-refractivity contribution < 1.29 is 19.0 Å². The monoisotopic (exact) mass is 328 g/mol. The maximum absolute atomic E-state index is 12.0. The molecule has 0 fully saturated rings. The molecule has 0 amide bonds. The summed E-state index contributed by atoms with van der Waals surface area (Å²) < 4.78 is 16.2. The van der Waals surface area contributed by atoms with Gasteiger partial charge in [0.25, 0.3) is 0 Å². The van der Waals surface area contributed by atoms with Crippen molar-refractivity contribution in [3.05, 3.63) is 53.1 Å². The van der Waals surface area contributed by atoms with Crippen molar-refractivity contribution in [2.45, 2.75) is 33.6 Å². The Morgan fingerprint density at radius 2 is 1.79 bits per heavy atom. The zero-order valence-electron chi connectivity index (χ0n) is 14.7. The molecule has 2 aromatic carbocycles. The molecular formula is C20H24O4. The Morgan fingerprint density at radius 1 is 1.00 bits per heavy atom. The van der Waals surface area contributed by atoms with Gasteiger partial charge in [0.15, 0.2) is 11.5 Å². The van der Waals surface area contributed by atoms with E-state index in [4.69, 9.17) is 14.2 Å². The minimum Gasteiger partial charge on any atom is -0.493 e. The molecule has 4 nitrogen and oxygen atoms in total. The molecule has 0 heterocycles. The maximum Gasteiger partial charge on any atom is 0.311 e. The van der Waals surface area contributed by atoms with E-state index in [1.807, 2.05) is 57.2 Å². The first-order valence-electron chi connectivity index (χ1n) is 8.11. The fraction of sp³-hybridized carbons (Fsp3) is 0.350. The highest BCUT2D eigenvalue weighted by Crippen LogP contribution is 2.28. The van der Waals surface area contributed by atoms with Crippen LogP contribution in [0, 0.1) is 13.8 Å². The standard InChI is InChI=1S/C20H24O4/c1-5-23-18-10-7-16(13-19(18)22-4)8-11-20(21)24-17-9-6-14(2)15(3)12-17/h6-7,9-10,12-13H,5,8,11H2,1-4H3. The van der Waals surface area contributed by atoms with Crippen LogP contribution in [-0.4, -0.2) is 19.7 Å². The van der Waals surface area contributed by atoms with Crippen LogP contribution in [0.2, 0.25) is 0 Å². The third-order valence-corrected chi connectivity index (χ3v) is 3.86. The Morgan fingerprint density at radius 3 is 2.46 bits per heavy atom. The summed E-state index contributed by atoms with van der Waals surface area (Å²) in [6, 6.07) is 11.4. The average Bonchev–Trinajstić information content (AvgIpc) is 2.57. The van der Waals surface area contributed by atoms with Gasteiger partial charge in [-0.05, 0) is 68.1 Å². The number of ether oxygens (including phenoxy) is 3. The smallest absolute Gasteiger partial charge is 0.311 e. The highest BCUT2D eigenvalue weighted by atomic mass is 16.5. The molecule has 0 saturated carbocycles. The molecule has 0 aromatic heterocycles. The van der Waals surface area contributed by atoms with Gasteiger partial charge in [0, 0.05) is 6.42 Å². The van der Waals surface area contributed by atoms with Crippen LogP contribution < -0.4 is 14.2 Å². The van der Waals surface area contributed by atoms with Gasteiger partial charge in [0.1, 0.15) is 5.75 Å². The molecule has 0 aliphatic heterocycles. The molecule has 0 bridgehead atoms. The lowest BCUT2D eigenvalue weighted by Crippen LogP contribution is -2.09. The summed E-state index contributed by atoms with van der Waals surface area (Å²) >= 11 is 0. The molecule has 2 aromatic rings. The number of methoxy groups -OCH3 is 1. The van der Waals surface area contributed by atoms with Crippen LogP contribution in [0.25, 0.3) is 0 Å². The SMILES string of the molecule is CCOc1ccc(CCC(=O)Oc2ccc(C)c(C)c2)cc1OC. The average molecular weight is 328 g/mol. The van der Waals surface area contributed by atoms with Crippen molar-refractivity contribution >= 4 is 5.97 Å². The van der Waals surface area contributed by atoms with Crippen molar-refractivity contribution in [3.63, 3.8) is 0 Å². The van der Waals surface area contributed by atoms with E-state index in [1.54, 1.807) is 7.11 Å². The largest absolute Gasteiger partial charge is 0.493 e. The van der Waals surface area contributed by atoms with Crippen LogP contribution in [0.5, 0.6) is 17.2 Å². The second-order valence-electron chi connectivity index (χ2n) is 5.64. The first-order chi connectivity index (χ1) is 11.5. The van der Waals surface area contributed by atoms with Gasteiger partial charge in [-0.1, -0.05) is 12.1 Å². The zero-order chi connectivity index (χ0) is 17.5. The molecule has 0 saturated heterocycles. The molecule has 0 unspecified atom stereocenters. The first kappa shape index (κ1) is 17.9. The van der Waals surface area contributed by atoms with Crippen molar-refractivity contribution in [3.8, 4) is 17.2 Å². The number of carbonyl (C=O) groups is 1. The van der Waals surface area contributed by atoms with E-state index in [1.165, 1.54) is 5.56 Å². The number of carbonyl (C=O) groups excluding carboxylic acids is 1. The lowest BCUT2D eigenvalue weighted by atomic mass is 10.1. The zero-order valence-corrected chi connectivity index (χ0v) is 14.7. The van der Waals surface area contributed by atoms with Crippen LogP contribution >= 0.6 is 0 Å². The van der Waals surface area contributed by atoms with E-state index >= 15 is 0 Å². The maximum atomic E-state index is 12.0. The van der Waals surface area contributed by atoms with E-state index < -0.39 is 0 Å². The van der Waals surface area contributed by atoms with E-state index in [-0.39, 0.29) is 5.97 Å². The fourth-order valence-electron chi connectivity index (χ4n) is 2.35. The molecule has 0 aliphatic carbocycles. The molecule has 4 heteroatoms. The van der Waals surface area contributed by atoms with Crippen molar-refractivity contribution in [2.24, 2.45) is 0 Å². The molecular weight excluding hydrogens is 304 g/mol. The van der Waals surface area contributed by atoms with Crippen molar-refractivity contribution in [1.82, 2.24) is 0 Å². The van der Waals surface area contributed by atoms with Gasteiger partial charge in [-0.2, -0.15) is 0 Å². The Kier molecular flexibility index (Phi) is 6.24. The summed E-state index contributed by atoms with van der Waals surface area (Å²) in [5, 5.41) is 0. The molecule has 128 valence electrons. The van der Waals surface area contributed by atoms with Gasteiger partial charge >= 0.3 is 5.97 Å². The lowest BCUT2D eigenvalue weighted by molar-refractivity contribution is -0.134. The topological polar surface area (TPSA) is 44.8 Å². The second-order valence-corrected chi connectivity index (χ2v) is 5.64. The lowest BCUT2D eigenvalue weighted by Gasteiger charge is -2.11. The van der Waals surface area contributed by atoms with Gasteiger partial charge in [-0.15, -0.1) is 0 Å². The quantitative estimate of drug-likeness (QED) is 0.563. The number of rotatable bonds is 7. The molecule has 0 N–H and O–H groups in total. The van der Waals surface area contributed by atoms with Gasteiger partial charge in [-0.3, -0.25) is 4.79 Å². The Labute approximate surface area is 143 Å². The third-order valence-electron chi connectivity index (χ3n) is 3.86. The normalized spacial score (nSPS) is 10.3. The summed E-state index contributed by atoms with van der Waals surface area (Å²) in [6.45, 7) is 6.53. The van der Waals surface area contributed by atoms with Crippen LogP contribution in [0.1, 0.15) is 30.0 Å². The summed E-state index contributed by atoms with van der Waals surface area (Å²) in [4.78, 5) is 12.0. The highest BCUT2D eigenvalue weighted by Gasteiger charge is 2.09. The number of benzene rings is 2. The predicted octanol–water partition coefficient (Wildman–Crippen LogP) is 4.25. The van der Waals surface area contributed by atoms with Crippen molar-refractivity contribution in [1.29, 1.82) is 0 Å². The Balaban J connectivity index is 1.94. The Bertz CT molecular complexity index is 707. The molecule has 24 heavy (non-hydrogen) atoms. The number of hydrogen-bond acceptors (Lipinski definition) is 4. The molecule has 0 aliphatic rings.